The largest absolute Gasteiger partial charge is 0.349 e. The summed E-state index contributed by atoms with van der Waals surface area (Å²) >= 11 is 7.13. The van der Waals surface area contributed by atoms with Gasteiger partial charge in [-0.3, -0.25) is 4.79 Å². The maximum Gasteiger partial charge on any atom is 0.230 e. The van der Waals surface area contributed by atoms with E-state index in [4.69, 9.17) is 17.4 Å². The lowest BCUT2D eigenvalue weighted by Gasteiger charge is -2.13. The number of nitrogens with zero attached hydrogens (tertiary/aromatic N) is 3. The first-order chi connectivity index (χ1) is 12.5. The van der Waals surface area contributed by atoms with E-state index in [1.807, 2.05) is 49.4 Å². The highest BCUT2D eigenvalue weighted by atomic mass is 35.5. The minimum Gasteiger partial charge on any atom is -0.349 e. The molecule has 0 bridgehead atoms. The molecule has 2 aromatic carbocycles. The average molecular weight is 388 g/mol. The summed E-state index contributed by atoms with van der Waals surface area (Å²) in [6, 6.07) is 16.9. The molecule has 0 spiro atoms. The fourth-order valence-corrected chi connectivity index (χ4v) is 3.20. The van der Waals surface area contributed by atoms with Crippen LogP contribution in [0.3, 0.4) is 0 Å². The van der Waals surface area contributed by atoms with E-state index in [1.165, 1.54) is 16.4 Å². The molecule has 1 aromatic heterocycles. The standard InChI is InChI=1S/C18H18ClN5OS/c1-12(13-5-3-2-4-6-13)21-16(25)11-26-18-23-22-17(24(18)20)14-7-9-15(19)10-8-14/h2-10,12H,11,20H2,1H3,(H,21,25)/t12-/m1/s1. The molecule has 1 atom stereocenters. The number of aromatic nitrogens is 3. The summed E-state index contributed by atoms with van der Waals surface area (Å²) in [4.78, 5) is 12.2. The van der Waals surface area contributed by atoms with E-state index in [9.17, 15) is 4.79 Å². The fourth-order valence-electron chi connectivity index (χ4n) is 2.41. The van der Waals surface area contributed by atoms with E-state index in [0.717, 1.165) is 11.1 Å². The zero-order valence-electron chi connectivity index (χ0n) is 14.1. The highest BCUT2D eigenvalue weighted by Gasteiger charge is 2.15. The highest BCUT2D eigenvalue weighted by Crippen LogP contribution is 2.23. The van der Waals surface area contributed by atoms with Crippen LogP contribution in [-0.2, 0) is 4.79 Å². The van der Waals surface area contributed by atoms with E-state index >= 15 is 0 Å². The third-order valence-corrected chi connectivity index (χ3v) is 4.97. The van der Waals surface area contributed by atoms with Gasteiger partial charge in [-0.05, 0) is 36.8 Å². The van der Waals surface area contributed by atoms with Crippen LogP contribution in [0.15, 0.2) is 59.8 Å². The molecular weight excluding hydrogens is 370 g/mol. The van der Waals surface area contributed by atoms with Gasteiger partial charge < -0.3 is 11.2 Å². The number of nitrogens with two attached hydrogens (primary N) is 1. The second kappa shape index (κ2) is 8.25. The van der Waals surface area contributed by atoms with Gasteiger partial charge in [0.15, 0.2) is 5.82 Å². The lowest BCUT2D eigenvalue weighted by molar-refractivity contribution is -0.119. The number of halogens is 1. The van der Waals surface area contributed by atoms with Gasteiger partial charge in [0.1, 0.15) is 0 Å². The van der Waals surface area contributed by atoms with Crippen LogP contribution in [0.4, 0.5) is 0 Å². The summed E-state index contributed by atoms with van der Waals surface area (Å²) in [7, 11) is 0. The summed E-state index contributed by atoms with van der Waals surface area (Å²) in [6.07, 6.45) is 0. The quantitative estimate of drug-likeness (QED) is 0.500. The van der Waals surface area contributed by atoms with Gasteiger partial charge in [-0.25, -0.2) is 4.68 Å². The van der Waals surface area contributed by atoms with E-state index < -0.39 is 0 Å². The van der Waals surface area contributed by atoms with Crippen LogP contribution in [0.5, 0.6) is 0 Å². The Morgan fingerprint density at radius 2 is 1.88 bits per heavy atom. The molecule has 8 heteroatoms. The fraction of sp³-hybridized carbons (Fsp3) is 0.167. The SMILES string of the molecule is C[C@@H](NC(=O)CSc1nnc(-c2ccc(Cl)cc2)n1N)c1ccccc1. The molecule has 134 valence electrons. The number of nitrogens with one attached hydrogen (secondary N) is 1. The number of carbonyl (C=O) groups excluding carboxylic acids is 1. The summed E-state index contributed by atoms with van der Waals surface area (Å²) in [5, 5.41) is 12.2. The number of amides is 1. The number of hydrogen-bond acceptors (Lipinski definition) is 5. The van der Waals surface area contributed by atoms with Gasteiger partial charge in [-0.1, -0.05) is 53.7 Å². The van der Waals surface area contributed by atoms with Crippen LogP contribution >= 0.6 is 23.4 Å². The molecular formula is C18H18ClN5OS. The highest BCUT2D eigenvalue weighted by molar-refractivity contribution is 7.99. The first-order valence-corrected chi connectivity index (χ1v) is 9.34. The Bertz CT molecular complexity index is 882. The second-order valence-corrected chi connectivity index (χ2v) is 7.05. The molecule has 0 saturated carbocycles. The Labute approximate surface area is 160 Å². The minimum atomic E-state index is -0.0950. The number of thioether (sulfide) groups is 1. The Morgan fingerprint density at radius 3 is 2.58 bits per heavy atom. The van der Waals surface area contributed by atoms with Gasteiger partial charge >= 0.3 is 0 Å². The maximum absolute atomic E-state index is 12.2. The molecule has 0 unspecified atom stereocenters. The lowest BCUT2D eigenvalue weighted by atomic mass is 10.1. The molecule has 1 heterocycles. The third kappa shape index (κ3) is 4.36. The Balaban J connectivity index is 1.60. The van der Waals surface area contributed by atoms with Crippen molar-refractivity contribution in [1.29, 1.82) is 0 Å². The lowest BCUT2D eigenvalue weighted by Crippen LogP contribution is -2.28. The molecule has 0 aliphatic rings. The molecule has 3 aromatic rings. The van der Waals surface area contributed by atoms with E-state index in [2.05, 4.69) is 15.5 Å². The molecule has 0 aliphatic heterocycles. The van der Waals surface area contributed by atoms with Crippen LogP contribution in [0, 0.1) is 0 Å². The molecule has 6 nitrogen and oxygen atoms in total. The van der Waals surface area contributed by atoms with Crippen LogP contribution in [0.2, 0.25) is 5.02 Å². The maximum atomic E-state index is 12.2. The van der Waals surface area contributed by atoms with Gasteiger partial charge in [0.05, 0.1) is 11.8 Å². The zero-order chi connectivity index (χ0) is 18.5. The Hall–Kier alpha value is -2.51. The van der Waals surface area contributed by atoms with Gasteiger partial charge in [-0.2, -0.15) is 0 Å². The van der Waals surface area contributed by atoms with Crippen LogP contribution in [-0.4, -0.2) is 26.5 Å². The Kier molecular flexibility index (Phi) is 5.80. The van der Waals surface area contributed by atoms with Crippen molar-refractivity contribution in [3.05, 3.63) is 65.2 Å². The molecule has 26 heavy (non-hydrogen) atoms. The smallest absolute Gasteiger partial charge is 0.230 e. The van der Waals surface area contributed by atoms with Crippen molar-refractivity contribution in [2.75, 3.05) is 11.6 Å². The van der Waals surface area contributed by atoms with Crippen molar-refractivity contribution in [3.8, 4) is 11.4 Å². The van der Waals surface area contributed by atoms with E-state index in [-0.39, 0.29) is 17.7 Å². The molecule has 0 saturated heterocycles. The predicted molar refractivity (Wildman–Crippen MR) is 104 cm³/mol. The minimum absolute atomic E-state index is 0.0651. The molecule has 1 amide bonds. The van der Waals surface area contributed by atoms with Crippen LogP contribution in [0.25, 0.3) is 11.4 Å². The average Bonchev–Trinajstić information content (AvgIpc) is 3.02. The first-order valence-electron chi connectivity index (χ1n) is 7.98. The normalized spacial score (nSPS) is 11.9. The van der Waals surface area contributed by atoms with Crippen LogP contribution in [0.1, 0.15) is 18.5 Å². The number of carbonyl (C=O) groups is 1. The van der Waals surface area contributed by atoms with E-state index in [1.54, 1.807) is 12.1 Å². The number of rotatable bonds is 6. The molecule has 0 radical (unpaired) electrons. The van der Waals surface area contributed by atoms with Crippen molar-refractivity contribution in [1.82, 2.24) is 20.2 Å². The second-order valence-electron chi connectivity index (χ2n) is 5.67. The molecule has 0 fully saturated rings. The number of nitrogen functional groups attached to an aromatic ring is 1. The van der Waals surface area contributed by atoms with E-state index in [0.29, 0.717) is 16.0 Å². The van der Waals surface area contributed by atoms with Crippen LogP contribution < -0.4 is 11.2 Å². The van der Waals surface area contributed by atoms with Crippen molar-refractivity contribution in [2.24, 2.45) is 0 Å². The number of hydrogen-bond donors (Lipinski definition) is 2. The van der Waals surface area contributed by atoms with Crippen molar-refractivity contribution in [3.63, 3.8) is 0 Å². The molecule has 0 aliphatic carbocycles. The predicted octanol–water partition coefficient (Wildman–Crippen LogP) is 3.28. The summed E-state index contributed by atoms with van der Waals surface area (Å²) in [5.41, 5.74) is 1.86. The molecule has 3 N–H and O–H groups in total. The zero-order valence-corrected chi connectivity index (χ0v) is 15.7. The van der Waals surface area contributed by atoms with Gasteiger partial charge in [0, 0.05) is 10.6 Å². The Morgan fingerprint density at radius 1 is 1.19 bits per heavy atom. The third-order valence-electron chi connectivity index (χ3n) is 3.78. The van der Waals surface area contributed by atoms with Crippen molar-refractivity contribution < 1.29 is 4.79 Å². The van der Waals surface area contributed by atoms with Gasteiger partial charge in [-0.15, -0.1) is 10.2 Å². The van der Waals surface area contributed by atoms with Crippen molar-refractivity contribution >= 4 is 29.3 Å². The number of benzene rings is 2. The summed E-state index contributed by atoms with van der Waals surface area (Å²) < 4.78 is 1.38. The van der Waals surface area contributed by atoms with Gasteiger partial charge in [0.25, 0.3) is 0 Å². The van der Waals surface area contributed by atoms with Gasteiger partial charge in [0.2, 0.25) is 11.1 Å². The summed E-state index contributed by atoms with van der Waals surface area (Å²) in [6.45, 7) is 1.95. The molecule has 3 rings (SSSR count). The first kappa shape index (κ1) is 18.3. The summed E-state index contributed by atoms with van der Waals surface area (Å²) in [5.74, 6) is 6.68. The van der Waals surface area contributed by atoms with Crippen molar-refractivity contribution in [2.45, 2.75) is 18.1 Å². The monoisotopic (exact) mass is 387 g/mol. The topological polar surface area (TPSA) is 85.8 Å².